The van der Waals surface area contributed by atoms with Crippen molar-refractivity contribution in [2.75, 3.05) is 6.61 Å². The molecule has 0 saturated heterocycles. The number of aliphatic carboxylic acids is 1. The highest BCUT2D eigenvalue weighted by molar-refractivity contribution is 5.84. The van der Waals surface area contributed by atoms with E-state index in [1.165, 1.54) is 4.90 Å². The smallest absolute Gasteiger partial charge is 0.326 e. The second-order valence-electron chi connectivity index (χ2n) is 5.46. The minimum Gasteiger partial charge on any atom is -0.493 e. The fourth-order valence-electron chi connectivity index (χ4n) is 2.30. The molecule has 1 N–H and O–H groups in total. The minimum absolute atomic E-state index is 0.0857. The first-order valence-corrected chi connectivity index (χ1v) is 7.22. The Morgan fingerprint density at radius 3 is 2.71 bits per heavy atom. The average molecular weight is 291 g/mol. The van der Waals surface area contributed by atoms with Crippen LogP contribution >= 0.6 is 0 Å². The molecular weight excluding hydrogens is 270 g/mol. The topological polar surface area (TPSA) is 66.8 Å². The van der Waals surface area contributed by atoms with Gasteiger partial charge >= 0.3 is 5.97 Å². The second kappa shape index (κ2) is 6.61. The Balaban J connectivity index is 1.86. The van der Waals surface area contributed by atoms with Gasteiger partial charge in [0.05, 0.1) is 13.0 Å². The lowest BCUT2D eigenvalue weighted by molar-refractivity contribution is -0.150. The summed E-state index contributed by atoms with van der Waals surface area (Å²) >= 11 is 0. The summed E-state index contributed by atoms with van der Waals surface area (Å²) < 4.78 is 5.55. The quantitative estimate of drug-likeness (QED) is 0.836. The maximum absolute atomic E-state index is 12.2. The van der Waals surface area contributed by atoms with Crippen molar-refractivity contribution in [3.63, 3.8) is 0 Å². The molecule has 1 aromatic carbocycles. The molecule has 1 fully saturated rings. The number of carboxylic acids is 1. The van der Waals surface area contributed by atoms with E-state index in [1.807, 2.05) is 31.2 Å². The van der Waals surface area contributed by atoms with Crippen molar-refractivity contribution in [2.24, 2.45) is 0 Å². The largest absolute Gasteiger partial charge is 0.493 e. The zero-order chi connectivity index (χ0) is 15.4. The van der Waals surface area contributed by atoms with E-state index in [2.05, 4.69) is 0 Å². The Hall–Kier alpha value is -2.04. The summed E-state index contributed by atoms with van der Waals surface area (Å²) in [6, 6.07) is 6.93. The summed E-state index contributed by atoms with van der Waals surface area (Å²) in [5.74, 6) is -0.387. The predicted octanol–water partition coefficient (Wildman–Crippen LogP) is 2.23. The highest BCUT2D eigenvalue weighted by atomic mass is 16.5. The molecular formula is C16H21NO4. The number of hydrogen-bond donors (Lipinski definition) is 1. The van der Waals surface area contributed by atoms with E-state index in [9.17, 15) is 9.59 Å². The number of rotatable bonds is 7. The molecule has 0 heterocycles. The molecule has 1 aliphatic carbocycles. The molecule has 1 amide bonds. The molecule has 0 aromatic heterocycles. The lowest BCUT2D eigenvalue weighted by Gasteiger charge is -2.26. The molecule has 1 atom stereocenters. The molecule has 1 aromatic rings. The van der Waals surface area contributed by atoms with Gasteiger partial charge < -0.3 is 14.7 Å². The molecule has 5 heteroatoms. The van der Waals surface area contributed by atoms with E-state index < -0.39 is 12.0 Å². The number of hydrogen-bond acceptors (Lipinski definition) is 3. The monoisotopic (exact) mass is 291 g/mol. The van der Waals surface area contributed by atoms with Gasteiger partial charge in [-0.2, -0.15) is 0 Å². The van der Waals surface area contributed by atoms with Gasteiger partial charge in [-0.3, -0.25) is 4.79 Å². The summed E-state index contributed by atoms with van der Waals surface area (Å²) in [5.41, 5.74) is 1.10. The van der Waals surface area contributed by atoms with Crippen LogP contribution in [0.15, 0.2) is 24.3 Å². The molecule has 1 unspecified atom stereocenters. The van der Waals surface area contributed by atoms with Crippen molar-refractivity contribution < 1.29 is 19.4 Å². The number of carboxylic acid groups (broad SMARTS) is 1. The van der Waals surface area contributed by atoms with Crippen LogP contribution in [0.3, 0.4) is 0 Å². The van der Waals surface area contributed by atoms with E-state index in [0.29, 0.717) is 0 Å². The second-order valence-corrected chi connectivity index (χ2v) is 5.46. The van der Waals surface area contributed by atoms with Gasteiger partial charge in [-0.25, -0.2) is 4.79 Å². The summed E-state index contributed by atoms with van der Waals surface area (Å²) in [6.45, 7) is 3.79. The van der Waals surface area contributed by atoms with Crippen LogP contribution in [0.4, 0.5) is 0 Å². The van der Waals surface area contributed by atoms with Crippen LogP contribution in [0.5, 0.6) is 5.75 Å². The first kappa shape index (κ1) is 15.4. The molecule has 114 valence electrons. The van der Waals surface area contributed by atoms with E-state index in [-0.39, 0.29) is 25.0 Å². The molecule has 1 aliphatic rings. The van der Waals surface area contributed by atoms with E-state index >= 15 is 0 Å². The lowest BCUT2D eigenvalue weighted by Crippen LogP contribution is -2.45. The number of amides is 1. The predicted molar refractivity (Wildman–Crippen MR) is 78.3 cm³/mol. The number of nitrogens with zero attached hydrogens (tertiary/aromatic N) is 1. The SMILES string of the molecule is Cc1cccc(OCCC(=O)N(C2CC2)C(C)C(=O)O)c1. The van der Waals surface area contributed by atoms with Crippen LogP contribution in [0.1, 0.15) is 31.7 Å². The number of carbonyl (C=O) groups excluding carboxylic acids is 1. The van der Waals surface area contributed by atoms with E-state index in [1.54, 1.807) is 6.92 Å². The molecule has 0 bridgehead atoms. The highest BCUT2D eigenvalue weighted by Crippen LogP contribution is 2.29. The van der Waals surface area contributed by atoms with Gasteiger partial charge in [0.1, 0.15) is 11.8 Å². The van der Waals surface area contributed by atoms with Gasteiger partial charge in [0, 0.05) is 6.04 Å². The Kier molecular flexibility index (Phi) is 4.83. The Bertz CT molecular complexity index is 525. The van der Waals surface area contributed by atoms with Crippen molar-refractivity contribution in [1.29, 1.82) is 0 Å². The van der Waals surface area contributed by atoms with Crippen LogP contribution < -0.4 is 4.74 Å². The molecule has 2 rings (SSSR count). The summed E-state index contributed by atoms with van der Waals surface area (Å²) in [5, 5.41) is 9.09. The molecule has 21 heavy (non-hydrogen) atoms. The first-order valence-electron chi connectivity index (χ1n) is 7.22. The number of carbonyl (C=O) groups is 2. The highest BCUT2D eigenvalue weighted by Gasteiger charge is 2.37. The third kappa shape index (κ3) is 4.21. The van der Waals surface area contributed by atoms with Crippen LogP contribution in [-0.2, 0) is 9.59 Å². The Labute approximate surface area is 124 Å². The van der Waals surface area contributed by atoms with Gasteiger partial charge in [-0.05, 0) is 44.4 Å². The van der Waals surface area contributed by atoms with Gasteiger partial charge in [-0.1, -0.05) is 12.1 Å². The third-order valence-corrected chi connectivity index (χ3v) is 3.58. The molecule has 5 nitrogen and oxygen atoms in total. The van der Waals surface area contributed by atoms with Crippen molar-refractivity contribution in [3.05, 3.63) is 29.8 Å². The normalized spacial score (nSPS) is 15.3. The van der Waals surface area contributed by atoms with E-state index in [4.69, 9.17) is 9.84 Å². The summed E-state index contributed by atoms with van der Waals surface area (Å²) in [7, 11) is 0. The molecule has 1 saturated carbocycles. The Morgan fingerprint density at radius 1 is 1.43 bits per heavy atom. The van der Waals surface area contributed by atoms with Crippen LogP contribution in [0, 0.1) is 6.92 Å². The number of ether oxygens (including phenoxy) is 1. The first-order chi connectivity index (χ1) is 9.99. The summed E-state index contributed by atoms with van der Waals surface area (Å²) in [4.78, 5) is 24.8. The van der Waals surface area contributed by atoms with Crippen molar-refractivity contribution >= 4 is 11.9 Å². The van der Waals surface area contributed by atoms with E-state index in [0.717, 1.165) is 24.2 Å². The summed E-state index contributed by atoms with van der Waals surface area (Å²) in [6.07, 6.45) is 1.98. The lowest BCUT2D eigenvalue weighted by atomic mass is 10.2. The van der Waals surface area contributed by atoms with Crippen molar-refractivity contribution in [2.45, 2.75) is 45.2 Å². The Morgan fingerprint density at radius 2 is 2.14 bits per heavy atom. The van der Waals surface area contributed by atoms with Crippen molar-refractivity contribution in [1.82, 2.24) is 4.90 Å². The molecule has 0 aliphatic heterocycles. The van der Waals surface area contributed by atoms with Crippen molar-refractivity contribution in [3.8, 4) is 5.75 Å². The van der Waals surface area contributed by atoms with Crippen LogP contribution in [0.2, 0.25) is 0 Å². The average Bonchev–Trinajstić information content (AvgIpc) is 3.23. The third-order valence-electron chi connectivity index (χ3n) is 3.58. The molecule has 0 radical (unpaired) electrons. The van der Waals surface area contributed by atoms with Gasteiger partial charge in [0.25, 0.3) is 0 Å². The minimum atomic E-state index is -0.963. The number of benzene rings is 1. The van der Waals surface area contributed by atoms with Gasteiger partial charge in [0.2, 0.25) is 5.91 Å². The standard InChI is InChI=1S/C16H21NO4/c1-11-4-3-5-14(10-11)21-9-8-15(18)17(13-6-7-13)12(2)16(19)20/h3-5,10,12-13H,6-9H2,1-2H3,(H,19,20). The van der Waals surface area contributed by atoms with Crippen LogP contribution in [-0.4, -0.2) is 40.6 Å². The maximum atomic E-state index is 12.2. The number of aryl methyl sites for hydroxylation is 1. The van der Waals surface area contributed by atoms with Crippen LogP contribution in [0.25, 0.3) is 0 Å². The molecule has 0 spiro atoms. The zero-order valence-corrected chi connectivity index (χ0v) is 12.4. The zero-order valence-electron chi connectivity index (χ0n) is 12.4. The van der Waals surface area contributed by atoms with Gasteiger partial charge in [-0.15, -0.1) is 0 Å². The van der Waals surface area contributed by atoms with Gasteiger partial charge in [0.15, 0.2) is 0 Å². The fourth-order valence-corrected chi connectivity index (χ4v) is 2.30. The fraction of sp³-hybridized carbons (Fsp3) is 0.500. The maximum Gasteiger partial charge on any atom is 0.326 e.